The number of likely N-dealkylation sites (tertiary alicyclic amines) is 1. The molecule has 2 fully saturated rings. The summed E-state index contributed by atoms with van der Waals surface area (Å²) in [6, 6.07) is 0.415. The summed E-state index contributed by atoms with van der Waals surface area (Å²) in [5, 5.41) is 21.4. The molecule has 0 bridgehead atoms. The molecule has 0 radical (unpaired) electrons. The van der Waals surface area contributed by atoms with Crippen molar-refractivity contribution in [1.82, 2.24) is 20.0 Å². The average Bonchev–Trinajstić information content (AvgIpc) is 3.39. The Kier molecular flexibility index (Phi) is 12.3. The largest absolute Gasteiger partial charge is 0.490 e. The molecule has 2 aliphatic rings. The van der Waals surface area contributed by atoms with Crippen molar-refractivity contribution in [2.45, 2.75) is 56.4 Å². The van der Waals surface area contributed by atoms with Crippen LogP contribution in [0.15, 0.2) is 12.4 Å². The molecule has 3 rings (SSSR count). The molecule has 0 aromatic carbocycles. The normalized spacial score (nSPS) is 21.6. The molecular formula is C20H28F6N4O7. The van der Waals surface area contributed by atoms with Crippen LogP contribution in [0.25, 0.3) is 0 Å². The highest BCUT2D eigenvalue weighted by Crippen LogP contribution is 2.32. The first kappa shape index (κ1) is 32.1. The van der Waals surface area contributed by atoms with Gasteiger partial charge in [0.25, 0.3) is 0 Å². The van der Waals surface area contributed by atoms with Crippen LogP contribution in [0.4, 0.5) is 26.3 Å². The molecule has 3 N–H and O–H groups in total. The van der Waals surface area contributed by atoms with Gasteiger partial charge in [-0.3, -0.25) is 14.4 Å². The van der Waals surface area contributed by atoms with Gasteiger partial charge in [-0.1, -0.05) is 0 Å². The number of methoxy groups -OCH3 is 1. The molecule has 1 aromatic heterocycles. The average molecular weight is 550 g/mol. The molecule has 2 saturated heterocycles. The number of halogens is 6. The highest BCUT2D eigenvalue weighted by molar-refractivity contribution is 5.80. The van der Waals surface area contributed by atoms with Crippen molar-refractivity contribution in [3.63, 3.8) is 0 Å². The number of carbonyl (C=O) groups is 3. The van der Waals surface area contributed by atoms with E-state index in [-0.39, 0.29) is 18.1 Å². The van der Waals surface area contributed by atoms with Crippen LogP contribution in [0.3, 0.4) is 0 Å². The van der Waals surface area contributed by atoms with Crippen LogP contribution in [0.1, 0.15) is 24.8 Å². The van der Waals surface area contributed by atoms with Gasteiger partial charge in [-0.05, 0) is 19.3 Å². The predicted octanol–water partition coefficient (Wildman–Crippen LogP) is 1.57. The minimum Gasteiger partial charge on any atom is -0.475 e. The fourth-order valence-electron chi connectivity index (χ4n) is 3.58. The highest BCUT2D eigenvalue weighted by Gasteiger charge is 2.42. The minimum absolute atomic E-state index is 0.00814. The Morgan fingerprint density at radius 3 is 2.14 bits per heavy atom. The topological polar surface area (TPSA) is 143 Å². The number of nitrogens with zero attached hydrogens (tertiary/aromatic N) is 3. The number of aromatic nitrogens is 2. The Morgan fingerprint density at radius 1 is 1.11 bits per heavy atom. The van der Waals surface area contributed by atoms with Gasteiger partial charge in [-0.25, -0.2) is 9.59 Å². The zero-order chi connectivity index (χ0) is 28.4. The molecule has 3 heterocycles. The highest BCUT2D eigenvalue weighted by atomic mass is 19.4. The lowest BCUT2D eigenvalue weighted by Gasteiger charge is -2.35. The van der Waals surface area contributed by atoms with E-state index in [9.17, 15) is 31.1 Å². The van der Waals surface area contributed by atoms with E-state index >= 15 is 0 Å². The van der Waals surface area contributed by atoms with E-state index in [4.69, 9.17) is 29.3 Å². The van der Waals surface area contributed by atoms with Gasteiger partial charge in [-0.15, -0.1) is 0 Å². The van der Waals surface area contributed by atoms with Crippen LogP contribution in [0.2, 0.25) is 0 Å². The fraction of sp³-hybridized carbons (Fsp3) is 0.700. The second-order valence-electron chi connectivity index (χ2n) is 7.98. The number of ether oxygens (including phenoxy) is 2. The third kappa shape index (κ3) is 11.3. The lowest BCUT2D eigenvalue weighted by Crippen LogP contribution is -2.48. The van der Waals surface area contributed by atoms with Gasteiger partial charge in [0.15, 0.2) is 0 Å². The first-order valence-electron chi connectivity index (χ1n) is 10.8. The van der Waals surface area contributed by atoms with E-state index in [0.717, 1.165) is 32.4 Å². The Bertz CT molecular complexity index is 869. The molecule has 212 valence electrons. The fourth-order valence-corrected chi connectivity index (χ4v) is 3.58. The molecule has 11 nitrogen and oxygen atoms in total. The second-order valence-corrected chi connectivity index (χ2v) is 7.98. The standard InChI is InChI=1S/C16H26N4O3.2C2HF3O2/c1-19-10-12(9-18-19)11-20-7-5-14-13(20)3-4-15(23-14)16(21)17-6-8-22-2;2*3-2(4,5)1(6)7/h9-10,13-15H,3-8,11H2,1-2H3,(H,17,21);2*(H,6,7)/t13-,14-,15-;;/m1../s1. The van der Waals surface area contributed by atoms with Crippen molar-refractivity contribution in [2.75, 3.05) is 26.8 Å². The van der Waals surface area contributed by atoms with Crippen molar-refractivity contribution in [3.8, 4) is 0 Å². The molecule has 0 spiro atoms. The van der Waals surface area contributed by atoms with Crippen LogP contribution in [0, 0.1) is 0 Å². The SMILES string of the molecule is COCCNC(=O)[C@H]1CC[C@@H]2[C@@H](CCN2Cc2cnn(C)c2)O1.O=C(O)C(F)(F)F.O=C(O)C(F)(F)F. The predicted molar refractivity (Wildman–Crippen MR) is 112 cm³/mol. The molecule has 1 amide bonds. The maximum atomic E-state index is 12.1. The van der Waals surface area contributed by atoms with Crippen LogP contribution in [-0.2, 0) is 37.4 Å². The molecule has 37 heavy (non-hydrogen) atoms. The van der Waals surface area contributed by atoms with E-state index in [2.05, 4.69) is 21.5 Å². The van der Waals surface area contributed by atoms with Crippen LogP contribution >= 0.6 is 0 Å². The Morgan fingerprint density at radius 2 is 1.68 bits per heavy atom. The summed E-state index contributed by atoms with van der Waals surface area (Å²) in [6.07, 6.45) is -3.56. The van der Waals surface area contributed by atoms with Crippen molar-refractivity contribution in [2.24, 2.45) is 7.05 Å². The number of rotatable bonds is 6. The first-order valence-corrected chi connectivity index (χ1v) is 10.8. The van der Waals surface area contributed by atoms with Gasteiger partial charge in [-0.2, -0.15) is 31.4 Å². The minimum atomic E-state index is -5.08. The van der Waals surface area contributed by atoms with Gasteiger partial charge in [0.1, 0.15) is 6.10 Å². The Labute approximate surface area is 207 Å². The molecule has 3 atom stereocenters. The molecule has 1 aromatic rings. The third-order valence-electron chi connectivity index (χ3n) is 5.19. The lowest BCUT2D eigenvalue weighted by molar-refractivity contribution is -0.193. The van der Waals surface area contributed by atoms with Crippen molar-refractivity contribution < 1.29 is 60.4 Å². The van der Waals surface area contributed by atoms with Crippen molar-refractivity contribution >= 4 is 17.8 Å². The third-order valence-corrected chi connectivity index (χ3v) is 5.19. The van der Waals surface area contributed by atoms with Gasteiger partial charge in [0.05, 0.1) is 18.9 Å². The maximum Gasteiger partial charge on any atom is 0.490 e. The molecular weight excluding hydrogens is 522 g/mol. The van der Waals surface area contributed by atoms with Gasteiger partial charge >= 0.3 is 24.3 Å². The smallest absolute Gasteiger partial charge is 0.475 e. The summed E-state index contributed by atoms with van der Waals surface area (Å²) in [4.78, 5) is 32.4. The zero-order valence-electron chi connectivity index (χ0n) is 19.9. The van der Waals surface area contributed by atoms with Gasteiger partial charge in [0, 0.05) is 51.6 Å². The van der Waals surface area contributed by atoms with E-state index in [0.29, 0.717) is 19.2 Å². The lowest BCUT2D eigenvalue weighted by atomic mass is 9.98. The summed E-state index contributed by atoms with van der Waals surface area (Å²) < 4.78 is 76.3. The number of carbonyl (C=O) groups excluding carboxylic acids is 1. The zero-order valence-corrected chi connectivity index (χ0v) is 19.9. The number of alkyl halides is 6. The van der Waals surface area contributed by atoms with Gasteiger partial charge < -0.3 is 25.0 Å². The summed E-state index contributed by atoms with van der Waals surface area (Å²) in [6.45, 7) is 2.99. The number of carboxylic acid groups (broad SMARTS) is 2. The number of hydrogen-bond donors (Lipinski definition) is 3. The van der Waals surface area contributed by atoms with E-state index in [1.165, 1.54) is 5.56 Å². The van der Waals surface area contributed by atoms with E-state index < -0.39 is 24.3 Å². The molecule has 0 aliphatic carbocycles. The van der Waals surface area contributed by atoms with Crippen LogP contribution < -0.4 is 5.32 Å². The molecule has 2 aliphatic heterocycles. The maximum absolute atomic E-state index is 12.1. The van der Waals surface area contributed by atoms with Crippen molar-refractivity contribution in [1.29, 1.82) is 0 Å². The number of hydrogen-bond acceptors (Lipinski definition) is 7. The van der Waals surface area contributed by atoms with E-state index in [1.807, 2.05) is 17.9 Å². The van der Waals surface area contributed by atoms with Gasteiger partial charge in [0.2, 0.25) is 5.91 Å². The molecule has 17 heteroatoms. The summed E-state index contributed by atoms with van der Waals surface area (Å²) in [7, 11) is 3.57. The molecule has 0 unspecified atom stereocenters. The Hall–Kier alpha value is -2.92. The quantitative estimate of drug-likeness (QED) is 0.355. The Balaban J connectivity index is 0.000000404. The number of aryl methyl sites for hydroxylation is 1. The number of aliphatic carboxylic acids is 2. The monoisotopic (exact) mass is 550 g/mol. The molecule has 0 saturated carbocycles. The number of fused-ring (bicyclic) bond motifs is 1. The summed E-state index contributed by atoms with van der Waals surface area (Å²) in [5.74, 6) is -5.52. The number of carboxylic acids is 2. The summed E-state index contributed by atoms with van der Waals surface area (Å²) >= 11 is 0. The number of nitrogens with one attached hydrogen (secondary N) is 1. The number of amides is 1. The van der Waals surface area contributed by atoms with E-state index in [1.54, 1.807) is 7.11 Å². The van der Waals surface area contributed by atoms with Crippen LogP contribution in [-0.4, -0.2) is 100 Å². The summed E-state index contributed by atoms with van der Waals surface area (Å²) in [5.41, 5.74) is 1.23. The van der Waals surface area contributed by atoms with Crippen molar-refractivity contribution in [3.05, 3.63) is 18.0 Å². The first-order chi connectivity index (χ1) is 17.1. The van der Waals surface area contributed by atoms with Crippen LogP contribution in [0.5, 0.6) is 0 Å². The second kappa shape index (κ2) is 14.1.